The van der Waals surface area contributed by atoms with E-state index < -0.39 is 15.1 Å². The smallest absolute Gasteiger partial charge is 0.240 e. The maximum absolute atomic E-state index is 11.9. The van der Waals surface area contributed by atoms with Crippen LogP contribution in [-0.2, 0) is 14.6 Å². The summed E-state index contributed by atoms with van der Waals surface area (Å²) in [6, 6.07) is 0. The highest BCUT2D eigenvalue weighted by Crippen LogP contribution is 2.13. The molecule has 16 heavy (non-hydrogen) atoms. The quantitative estimate of drug-likeness (QED) is 0.728. The first-order valence-electron chi connectivity index (χ1n) is 5.69. The van der Waals surface area contributed by atoms with Crippen molar-refractivity contribution in [2.45, 2.75) is 31.4 Å². The molecule has 6 heteroatoms. The van der Waals surface area contributed by atoms with E-state index in [1.807, 2.05) is 0 Å². The molecule has 1 aliphatic heterocycles. The number of carbonyl (C=O) groups is 1. The molecule has 94 valence electrons. The summed E-state index contributed by atoms with van der Waals surface area (Å²) >= 11 is 0. The van der Waals surface area contributed by atoms with Crippen molar-refractivity contribution in [3.8, 4) is 0 Å². The van der Waals surface area contributed by atoms with Gasteiger partial charge >= 0.3 is 0 Å². The number of carbonyl (C=O) groups excluding carboxylic acids is 1. The lowest BCUT2D eigenvalue weighted by Gasteiger charge is -2.20. The number of amides is 1. The average molecular weight is 248 g/mol. The average Bonchev–Trinajstić information content (AvgIpc) is 2.77. The van der Waals surface area contributed by atoms with Crippen LogP contribution in [0, 0.1) is 0 Å². The van der Waals surface area contributed by atoms with Crippen molar-refractivity contribution < 1.29 is 13.2 Å². The van der Waals surface area contributed by atoms with Crippen molar-refractivity contribution in [2.24, 2.45) is 5.73 Å². The third-order valence-corrected chi connectivity index (χ3v) is 5.07. The summed E-state index contributed by atoms with van der Waals surface area (Å²) in [4.78, 5) is 13.5. The molecule has 1 fully saturated rings. The third-order valence-electron chi connectivity index (χ3n) is 2.94. The number of nitrogens with two attached hydrogens (primary N) is 1. The van der Waals surface area contributed by atoms with Crippen LogP contribution in [0.1, 0.15) is 26.2 Å². The van der Waals surface area contributed by atoms with Gasteiger partial charge in [0.25, 0.3) is 0 Å². The van der Waals surface area contributed by atoms with Gasteiger partial charge in [-0.05, 0) is 32.7 Å². The molecule has 0 aliphatic carbocycles. The summed E-state index contributed by atoms with van der Waals surface area (Å²) in [5.74, 6) is -0.251. The van der Waals surface area contributed by atoms with Gasteiger partial charge in [0.1, 0.15) is 5.25 Å². The second-order valence-electron chi connectivity index (χ2n) is 4.18. The van der Waals surface area contributed by atoms with Gasteiger partial charge in [0, 0.05) is 13.1 Å². The van der Waals surface area contributed by atoms with Crippen LogP contribution in [0.25, 0.3) is 0 Å². The lowest BCUT2D eigenvalue weighted by atomic mass is 10.4. The predicted molar refractivity (Wildman–Crippen MR) is 62.7 cm³/mol. The normalized spacial score (nSPS) is 18.8. The first-order chi connectivity index (χ1) is 7.49. The van der Waals surface area contributed by atoms with Crippen LogP contribution >= 0.6 is 0 Å². The van der Waals surface area contributed by atoms with E-state index in [0.717, 1.165) is 12.8 Å². The van der Waals surface area contributed by atoms with Crippen molar-refractivity contribution in [1.29, 1.82) is 0 Å². The monoisotopic (exact) mass is 248 g/mol. The second kappa shape index (κ2) is 5.63. The van der Waals surface area contributed by atoms with Gasteiger partial charge in [-0.3, -0.25) is 4.79 Å². The van der Waals surface area contributed by atoms with Gasteiger partial charge in [-0.15, -0.1) is 0 Å². The molecule has 1 saturated heterocycles. The summed E-state index contributed by atoms with van der Waals surface area (Å²) in [6.45, 7) is 3.20. The Kier molecular flexibility index (Phi) is 4.73. The van der Waals surface area contributed by atoms with E-state index in [2.05, 4.69) is 0 Å². The molecule has 0 spiro atoms. The van der Waals surface area contributed by atoms with E-state index >= 15 is 0 Å². The Bertz CT molecular complexity index is 334. The molecule has 0 aromatic rings. The molecule has 1 heterocycles. The first-order valence-corrected chi connectivity index (χ1v) is 7.41. The van der Waals surface area contributed by atoms with E-state index in [1.165, 1.54) is 6.92 Å². The maximum Gasteiger partial charge on any atom is 0.240 e. The second-order valence-corrected chi connectivity index (χ2v) is 6.62. The molecular formula is C10H20N2O3S. The molecule has 0 bridgehead atoms. The van der Waals surface area contributed by atoms with Crippen molar-refractivity contribution in [3.05, 3.63) is 0 Å². The number of hydrogen-bond acceptors (Lipinski definition) is 4. The maximum atomic E-state index is 11.9. The Balaban J connectivity index is 2.61. The molecule has 5 nitrogen and oxygen atoms in total. The van der Waals surface area contributed by atoms with E-state index in [1.54, 1.807) is 4.90 Å². The van der Waals surface area contributed by atoms with Crippen LogP contribution in [0.3, 0.4) is 0 Å². The lowest BCUT2D eigenvalue weighted by molar-refractivity contribution is -0.129. The standard InChI is InChI=1S/C10H20N2O3S/c1-9(16(14,15)8-4-5-11)10(13)12-6-2-3-7-12/h9H,2-8,11H2,1H3. The largest absolute Gasteiger partial charge is 0.342 e. The van der Waals surface area contributed by atoms with Crippen molar-refractivity contribution >= 4 is 15.7 Å². The lowest BCUT2D eigenvalue weighted by Crippen LogP contribution is -2.40. The summed E-state index contributed by atoms with van der Waals surface area (Å²) in [5, 5.41) is -0.919. The van der Waals surface area contributed by atoms with Crippen LogP contribution in [0.2, 0.25) is 0 Å². The molecule has 2 N–H and O–H groups in total. The van der Waals surface area contributed by atoms with Gasteiger partial charge in [0.05, 0.1) is 5.75 Å². The number of rotatable bonds is 5. The van der Waals surface area contributed by atoms with Gasteiger partial charge in [0.15, 0.2) is 9.84 Å². The van der Waals surface area contributed by atoms with E-state index in [9.17, 15) is 13.2 Å². The fourth-order valence-electron chi connectivity index (χ4n) is 1.81. The zero-order valence-electron chi connectivity index (χ0n) is 9.68. The van der Waals surface area contributed by atoms with E-state index in [-0.39, 0.29) is 11.7 Å². The molecule has 0 saturated carbocycles. The van der Waals surface area contributed by atoms with Crippen LogP contribution in [-0.4, -0.2) is 49.9 Å². The third kappa shape index (κ3) is 3.18. The van der Waals surface area contributed by atoms with E-state index in [4.69, 9.17) is 5.73 Å². The number of nitrogens with zero attached hydrogens (tertiary/aromatic N) is 1. The van der Waals surface area contributed by atoms with Crippen LogP contribution < -0.4 is 5.73 Å². The SMILES string of the molecule is CC(C(=O)N1CCCC1)S(=O)(=O)CCCN. The van der Waals surface area contributed by atoms with Crippen LogP contribution in [0.5, 0.6) is 0 Å². The van der Waals surface area contributed by atoms with Gasteiger partial charge in [0.2, 0.25) is 5.91 Å². The molecule has 1 unspecified atom stereocenters. The topological polar surface area (TPSA) is 80.5 Å². The zero-order valence-corrected chi connectivity index (χ0v) is 10.5. The van der Waals surface area contributed by atoms with Gasteiger partial charge in [-0.25, -0.2) is 8.42 Å². The van der Waals surface area contributed by atoms with Gasteiger partial charge in [-0.1, -0.05) is 0 Å². The Morgan fingerprint density at radius 3 is 2.44 bits per heavy atom. The summed E-state index contributed by atoms with van der Waals surface area (Å²) in [6.07, 6.45) is 2.36. The highest BCUT2D eigenvalue weighted by molar-refractivity contribution is 7.92. The Morgan fingerprint density at radius 2 is 1.94 bits per heavy atom. The highest BCUT2D eigenvalue weighted by atomic mass is 32.2. The number of hydrogen-bond donors (Lipinski definition) is 1. The molecule has 1 amide bonds. The first kappa shape index (κ1) is 13.4. The summed E-state index contributed by atoms with van der Waals surface area (Å²) < 4.78 is 23.6. The molecule has 1 aliphatic rings. The summed E-state index contributed by atoms with van der Waals surface area (Å²) in [7, 11) is -3.33. The fraction of sp³-hybridized carbons (Fsp3) is 0.900. The van der Waals surface area contributed by atoms with Crippen molar-refractivity contribution in [2.75, 3.05) is 25.4 Å². The number of sulfone groups is 1. The number of likely N-dealkylation sites (tertiary alicyclic amines) is 1. The van der Waals surface area contributed by atoms with Gasteiger partial charge < -0.3 is 10.6 Å². The minimum atomic E-state index is -3.33. The van der Waals surface area contributed by atoms with Crippen molar-refractivity contribution in [3.63, 3.8) is 0 Å². The molecule has 1 rings (SSSR count). The molecular weight excluding hydrogens is 228 g/mol. The highest BCUT2D eigenvalue weighted by Gasteiger charge is 2.31. The fourth-order valence-corrected chi connectivity index (χ4v) is 3.19. The minimum Gasteiger partial charge on any atom is -0.342 e. The minimum absolute atomic E-state index is 0.00421. The van der Waals surface area contributed by atoms with Crippen LogP contribution in [0.4, 0.5) is 0 Å². The molecule has 0 aromatic carbocycles. The molecule has 0 aromatic heterocycles. The van der Waals surface area contributed by atoms with Crippen molar-refractivity contribution in [1.82, 2.24) is 4.90 Å². The Labute approximate surface area is 96.9 Å². The Morgan fingerprint density at radius 1 is 1.38 bits per heavy atom. The van der Waals surface area contributed by atoms with E-state index in [0.29, 0.717) is 26.1 Å². The van der Waals surface area contributed by atoms with Gasteiger partial charge in [-0.2, -0.15) is 0 Å². The molecule has 1 atom stereocenters. The van der Waals surface area contributed by atoms with Crippen LogP contribution in [0.15, 0.2) is 0 Å². The predicted octanol–water partition coefficient (Wildman–Crippen LogP) is -0.239. The molecule has 0 radical (unpaired) electrons. The zero-order chi connectivity index (χ0) is 12.2. The summed E-state index contributed by atoms with van der Waals surface area (Å²) in [5.41, 5.74) is 5.27. The Hall–Kier alpha value is -0.620.